The molecule has 33 heavy (non-hydrogen) atoms. The summed E-state index contributed by atoms with van der Waals surface area (Å²) in [6.07, 6.45) is 1.37. The molecule has 0 unspecified atom stereocenters. The van der Waals surface area contributed by atoms with E-state index >= 15 is 0 Å². The first kappa shape index (κ1) is 24.1. The fourth-order valence-electron chi connectivity index (χ4n) is 3.19. The summed E-state index contributed by atoms with van der Waals surface area (Å²) in [4.78, 5) is 8.65. The number of anilines is 5. The van der Waals surface area contributed by atoms with Gasteiger partial charge in [0, 0.05) is 24.8 Å². The predicted octanol–water partition coefficient (Wildman–Crippen LogP) is 3.59. The minimum absolute atomic E-state index is 0.222. The highest BCUT2D eigenvalue weighted by Gasteiger charge is 2.21. The summed E-state index contributed by atoms with van der Waals surface area (Å²) >= 11 is 0. The summed E-state index contributed by atoms with van der Waals surface area (Å²) in [5.74, 6) is 1.98. The Balaban J connectivity index is 1.83. The predicted molar refractivity (Wildman–Crippen MR) is 129 cm³/mol. The maximum Gasteiger partial charge on any atom is 0.243 e. The standard InChI is InChI=1S/C22H28N6O4S/c1-5-28(6-2)33(29,30)17-10-7-15(8-11-17)26-21-20(23)22(25-14-24-21)27-18-13-16(31-3)9-12-19(18)32-4/h7-14H,5-6,23H2,1-4H3,(H2,24,25,26,27). The van der Waals surface area contributed by atoms with E-state index in [1.54, 1.807) is 56.7 Å². The minimum Gasteiger partial charge on any atom is -0.497 e. The number of aromatic nitrogens is 2. The molecule has 0 bridgehead atoms. The number of hydrogen-bond acceptors (Lipinski definition) is 9. The Morgan fingerprint density at radius 2 is 1.58 bits per heavy atom. The van der Waals surface area contributed by atoms with Gasteiger partial charge in [0.05, 0.1) is 24.8 Å². The lowest BCUT2D eigenvalue weighted by Crippen LogP contribution is -2.30. The Morgan fingerprint density at radius 1 is 0.939 bits per heavy atom. The molecule has 4 N–H and O–H groups in total. The fourth-order valence-corrected chi connectivity index (χ4v) is 4.65. The Kier molecular flexibility index (Phi) is 7.56. The van der Waals surface area contributed by atoms with Gasteiger partial charge in [0.2, 0.25) is 10.0 Å². The largest absolute Gasteiger partial charge is 0.497 e. The minimum atomic E-state index is -3.53. The van der Waals surface area contributed by atoms with Gasteiger partial charge in [0.25, 0.3) is 0 Å². The highest BCUT2D eigenvalue weighted by Crippen LogP contribution is 2.34. The van der Waals surface area contributed by atoms with Crippen LogP contribution in [0, 0.1) is 0 Å². The van der Waals surface area contributed by atoms with Gasteiger partial charge < -0.3 is 25.8 Å². The number of nitrogens with two attached hydrogens (primary N) is 1. The van der Waals surface area contributed by atoms with E-state index in [-0.39, 0.29) is 10.6 Å². The first-order valence-electron chi connectivity index (χ1n) is 10.3. The summed E-state index contributed by atoms with van der Waals surface area (Å²) in [6, 6.07) is 11.7. The number of benzene rings is 2. The number of ether oxygens (including phenoxy) is 2. The Labute approximate surface area is 193 Å². The highest BCUT2D eigenvalue weighted by molar-refractivity contribution is 7.89. The van der Waals surface area contributed by atoms with Gasteiger partial charge >= 0.3 is 0 Å². The van der Waals surface area contributed by atoms with E-state index in [0.717, 1.165) is 0 Å². The summed E-state index contributed by atoms with van der Waals surface area (Å²) in [5.41, 5.74) is 7.82. The molecular formula is C22H28N6O4S. The molecule has 0 aliphatic heterocycles. The van der Waals surface area contributed by atoms with Gasteiger partial charge in [0.15, 0.2) is 11.6 Å². The monoisotopic (exact) mass is 472 g/mol. The van der Waals surface area contributed by atoms with E-state index in [0.29, 0.717) is 47.6 Å². The van der Waals surface area contributed by atoms with E-state index in [4.69, 9.17) is 15.2 Å². The van der Waals surface area contributed by atoms with Crippen LogP contribution in [0.3, 0.4) is 0 Å². The van der Waals surface area contributed by atoms with Crippen molar-refractivity contribution in [3.05, 3.63) is 48.8 Å². The molecule has 11 heteroatoms. The van der Waals surface area contributed by atoms with E-state index in [2.05, 4.69) is 20.6 Å². The zero-order valence-electron chi connectivity index (χ0n) is 19.0. The number of methoxy groups -OCH3 is 2. The molecule has 10 nitrogen and oxygen atoms in total. The van der Waals surface area contributed by atoms with Crippen LogP contribution >= 0.6 is 0 Å². The van der Waals surface area contributed by atoms with Crippen LogP contribution in [0.4, 0.5) is 28.7 Å². The van der Waals surface area contributed by atoms with Crippen molar-refractivity contribution in [1.29, 1.82) is 0 Å². The SMILES string of the molecule is CCN(CC)S(=O)(=O)c1ccc(Nc2ncnc(Nc3cc(OC)ccc3OC)c2N)cc1. The third-order valence-corrected chi connectivity index (χ3v) is 7.07. The average molecular weight is 473 g/mol. The molecule has 0 amide bonds. The second-order valence-corrected chi connectivity index (χ2v) is 8.85. The third-order valence-electron chi connectivity index (χ3n) is 5.00. The first-order chi connectivity index (χ1) is 15.8. The third kappa shape index (κ3) is 5.26. The molecule has 0 saturated carbocycles. The number of sulfonamides is 1. The zero-order valence-corrected chi connectivity index (χ0v) is 19.8. The number of nitrogens with zero attached hydrogens (tertiary/aromatic N) is 3. The molecule has 1 aromatic heterocycles. The summed E-state index contributed by atoms with van der Waals surface area (Å²) in [6.45, 7) is 4.43. The van der Waals surface area contributed by atoms with Crippen molar-refractivity contribution in [2.45, 2.75) is 18.7 Å². The molecule has 0 spiro atoms. The van der Waals surface area contributed by atoms with E-state index in [1.165, 1.54) is 10.6 Å². The van der Waals surface area contributed by atoms with Crippen LogP contribution in [0.15, 0.2) is 53.7 Å². The zero-order chi connectivity index (χ0) is 24.0. The molecule has 0 aliphatic carbocycles. The quantitative estimate of drug-likeness (QED) is 0.405. The van der Waals surface area contributed by atoms with Crippen molar-refractivity contribution in [3.8, 4) is 11.5 Å². The van der Waals surface area contributed by atoms with Crippen molar-refractivity contribution in [1.82, 2.24) is 14.3 Å². The van der Waals surface area contributed by atoms with Crippen LogP contribution in [-0.2, 0) is 10.0 Å². The Bertz CT molecular complexity index is 1200. The Morgan fingerprint density at radius 3 is 2.15 bits per heavy atom. The second kappa shape index (κ2) is 10.4. The summed E-state index contributed by atoms with van der Waals surface area (Å²) in [5, 5.41) is 6.25. The topological polar surface area (TPSA) is 132 Å². The number of nitrogens with one attached hydrogen (secondary N) is 2. The van der Waals surface area contributed by atoms with E-state index in [9.17, 15) is 8.42 Å². The second-order valence-electron chi connectivity index (χ2n) is 6.91. The van der Waals surface area contributed by atoms with Gasteiger partial charge in [-0.05, 0) is 36.4 Å². The van der Waals surface area contributed by atoms with Crippen LogP contribution in [0.2, 0.25) is 0 Å². The molecule has 3 rings (SSSR count). The highest BCUT2D eigenvalue weighted by atomic mass is 32.2. The van der Waals surface area contributed by atoms with Gasteiger partial charge in [-0.2, -0.15) is 4.31 Å². The molecule has 0 radical (unpaired) electrons. The van der Waals surface area contributed by atoms with Crippen LogP contribution in [0.25, 0.3) is 0 Å². The number of hydrogen-bond donors (Lipinski definition) is 3. The smallest absolute Gasteiger partial charge is 0.243 e. The van der Waals surface area contributed by atoms with Crippen molar-refractivity contribution in [2.75, 3.05) is 43.7 Å². The molecule has 176 valence electrons. The molecule has 1 heterocycles. The normalized spacial score (nSPS) is 11.3. The maximum atomic E-state index is 12.7. The molecule has 3 aromatic rings. The van der Waals surface area contributed by atoms with Crippen molar-refractivity contribution >= 4 is 38.7 Å². The lowest BCUT2D eigenvalue weighted by molar-refractivity contribution is 0.405. The lowest BCUT2D eigenvalue weighted by atomic mass is 10.2. The number of rotatable bonds is 10. The summed E-state index contributed by atoms with van der Waals surface area (Å²) in [7, 11) is -0.392. The fraction of sp³-hybridized carbons (Fsp3) is 0.273. The van der Waals surface area contributed by atoms with Gasteiger partial charge in [-0.25, -0.2) is 18.4 Å². The van der Waals surface area contributed by atoms with Gasteiger partial charge in [0.1, 0.15) is 23.5 Å². The van der Waals surface area contributed by atoms with Gasteiger partial charge in [-0.1, -0.05) is 13.8 Å². The molecule has 2 aromatic carbocycles. The number of nitrogen functional groups attached to an aromatic ring is 1. The maximum absolute atomic E-state index is 12.7. The van der Waals surface area contributed by atoms with Crippen molar-refractivity contribution < 1.29 is 17.9 Å². The Hall–Kier alpha value is -3.57. The average Bonchev–Trinajstić information content (AvgIpc) is 2.82. The van der Waals surface area contributed by atoms with Crippen LogP contribution < -0.4 is 25.8 Å². The van der Waals surface area contributed by atoms with E-state index in [1.807, 2.05) is 13.8 Å². The first-order valence-corrected chi connectivity index (χ1v) is 11.7. The molecule has 0 aliphatic rings. The van der Waals surface area contributed by atoms with Crippen LogP contribution in [0.1, 0.15) is 13.8 Å². The van der Waals surface area contributed by atoms with E-state index < -0.39 is 10.0 Å². The van der Waals surface area contributed by atoms with Crippen molar-refractivity contribution in [2.24, 2.45) is 0 Å². The van der Waals surface area contributed by atoms with Gasteiger partial charge in [-0.3, -0.25) is 0 Å². The molecule has 0 fully saturated rings. The molecular weight excluding hydrogens is 444 g/mol. The van der Waals surface area contributed by atoms with Crippen molar-refractivity contribution in [3.63, 3.8) is 0 Å². The van der Waals surface area contributed by atoms with Crippen LogP contribution in [-0.4, -0.2) is 50.0 Å². The van der Waals surface area contributed by atoms with Crippen LogP contribution in [0.5, 0.6) is 11.5 Å². The molecule has 0 atom stereocenters. The van der Waals surface area contributed by atoms with Gasteiger partial charge in [-0.15, -0.1) is 0 Å². The molecule has 0 saturated heterocycles. The summed E-state index contributed by atoms with van der Waals surface area (Å²) < 4.78 is 37.4. The lowest BCUT2D eigenvalue weighted by Gasteiger charge is -2.18.